The number of nitrogens with two attached hydrogens (primary N) is 1. The predicted molar refractivity (Wildman–Crippen MR) is 66.5 cm³/mol. The van der Waals surface area contributed by atoms with E-state index in [0.29, 0.717) is 31.7 Å². The number of amides is 1. The average molecular weight is 244 g/mol. The Balaban J connectivity index is 3.48. The summed E-state index contributed by atoms with van der Waals surface area (Å²) in [5, 5.41) is 11.3. The molecule has 17 heavy (non-hydrogen) atoms. The van der Waals surface area contributed by atoms with Crippen LogP contribution in [0.3, 0.4) is 0 Å². The summed E-state index contributed by atoms with van der Waals surface area (Å²) in [6.45, 7) is 4.48. The molecule has 1 amide bonds. The van der Waals surface area contributed by atoms with E-state index in [4.69, 9.17) is 10.8 Å². The molecule has 0 aromatic rings. The Labute approximate surface area is 103 Å². The van der Waals surface area contributed by atoms with Crippen LogP contribution in [0.15, 0.2) is 0 Å². The van der Waals surface area contributed by atoms with E-state index in [1.165, 1.54) is 0 Å². The molecule has 0 aromatic carbocycles. The Hall–Kier alpha value is -1.10. The fourth-order valence-corrected chi connectivity index (χ4v) is 1.42. The molecule has 5 heteroatoms. The Morgan fingerprint density at radius 1 is 1.18 bits per heavy atom. The molecule has 0 saturated carbocycles. The molecule has 4 N–H and O–H groups in total. The third kappa shape index (κ3) is 11.2. The van der Waals surface area contributed by atoms with Gasteiger partial charge in [0.15, 0.2) is 0 Å². The van der Waals surface area contributed by atoms with Gasteiger partial charge in [-0.25, -0.2) is 0 Å². The van der Waals surface area contributed by atoms with E-state index < -0.39 is 5.97 Å². The lowest BCUT2D eigenvalue weighted by atomic mass is 10.0. The van der Waals surface area contributed by atoms with E-state index in [1.807, 2.05) is 13.8 Å². The second-order valence-electron chi connectivity index (χ2n) is 4.69. The van der Waals surface area contributed by atoms with Crippen molar-refractivity contribution in [2.45, 2.75) is 52.0 Å². The summed E-state index contributed by atoms with van der Waals surface area (Å²) < 4.78 is 0. The van der Waals surface area contributed by atoms with Crippen molar-refractivity contribution in [1.29, 1.82) is 0 Å². The van der Waals surface area contributed by atoms with Crippen LogP contribution in [0.4, 0.5) is 0 Å². The van der Waals surface area contributed by atoms with Gasteiger partial charge in [0.1, 0.15) is 0 Å². The lowest BCUT2D eigenvalue weighted by molar-refractivity contribution is -0.137. The van der Waals surface area contributed by atoms with Crippen molar-refractivity contribution < 1.29 is 14.7 Å². The van der Waals surface area contributed by atoms with Gasteiger partial charge in [-0.3, -0.25) is 9.59 Å². The zero-order valence-corrected chi connectivity index (χ0v) is 10.7. The molecule has 0 aliphatic carbocycles. The lowest BCUT2D eigenvalue weighted by Crippen LogP contribution is -2.27. The summed E-state index contributed by atoms with van der Waals surface area (Å²) in [6, 6.07) is 0.0511. The first-order valence-corrected chi connectivity index (χ1v) is 6.16. The Morgan fingerprint density at radius 2 is 1.82 bits per heavy atom. The normalized spacial score (nSPS) is 14.1. The third-order valence-electron chi connectivity index (χ3n) is 2.64. The monoisotopic (exact) mass is 244 g/mol. The lowest BCUT2D eigenvalue weighted by Gasteiger charge is -2.11. The molecule has 0 aromatic heterocycles. The summed E-state index contributed by atoms with van der Waals surface area (Å²) in [7, 11) is 0. The van der Waals surface area contributed by atoms with Crippen LogP contribution in [0, 0.1) is 5.92 Å². The largest absolute Gasteiger partial charge is 0.481 e. The zero-order chi connectivity index (χ0) is 13.3. The average Bonchev–Trinajstić information content (AvgIpc) is 2.23. The smallest absolute Gasteiger partial charge is 0.303 e. The molecule has 0 bridgehead atoms. The number of carboxylic acid groups (broad SMARTS) is 1. The van der Waals surface area contributed by atoms with Gasteiger partial charge >= 0.3 is 5.97 Å². The number of carbonyl (C=O) groups excluding carboxylic acids is 1. The molecule has 100 valence electrons. The fraction of sp³-hybridized carbons (Fsp3) is 0.833. The van der Waals surface area contributed by atoms with Crippen LogP contribution in [0.2, 0.25) is 0 Å². The molecule has 5 nitrogen and oxygen atoms in total. The highest BCUT2D eigenvalue weighted by Crippen LogP contribution is 2.09. The predicted octanol–water partition coefficient (Wildman–Crippen LogP) is 1.12. The van der Waals surface area contributed by atoms with Gasteiger partial charge in [-0.2, -0.15) is 0 Å². The van der Waals surface area contributed by atoms with Crippen molar-refractivity contribution in [1.82, 2.24) is 5.32 Å². The molecule has 0 fully saturated rings. The summed E-state index contributed by atoms with van der Waals surface area (Å²) in [5.74, 6) is -0.426. The molecule has 0 aliphatic rings. The second-order valence-corrected chi connectivity index (χ2v) is 4.69. The molecule has 0 radical (unpaired) electrons. The highest BCUT2D eigenvalue weighted by atomic mass is 16.4. The highest BCUT2D eigenvalue weighted by molar-refractivity contribution is 5.75. The van der Waals surface area contributed by atoms with E-state index in [-0.39, 0.29) is 18.4 Å². The zero-order valence-electron chi connectivity index (χ0n) is 10.7. The van der Waals surface area contributed by atoms with Crippen LogP contribution in [-0.2, 0) is 9.59 Å². The maximum absolute atomic E-state index is 11.3. The number of rotatable bonds is 9. The van der Waals surface area contributed by atoms with Crippen LogP contribution in [-0.4, -0.2) is 29.6 Å². The molecule has 0 saturated heterocycles. The maximum atomic E-state index is 11.3. The minimum absolute atomic E-state index is 0.0211. The first-order chi connectivity index (χ1) is 7.91. The number of aliphatic carboxylic acids is 1. The SMILES string of the molecule is CC(N)CCC(=O)NCCC(C)CCC(=O)O. The highest BCUT2D eigenvalue weighted by Gasteiger charge is 2.07. The third-order valence-corrected chi connectivity index (χ3v) is 2.64. The van der Waals surface area contributed by atoms with Crippen molar-refractivity contribution in [2.24, 2.45) is 11.7 Å². The standard InChI is InChI=1S/C12H24N2O3/c1-9(3-6-12(16)17)7-8-14-11(15)5-4-10(2)13/h9-10H,3-8,13H2,1-2H3,(H,14,15)(H,16,17). The van der Waals surface area contributed by atoms with Crippen molar-refractivity contribution in [3.8, 4) is 0 Å². The van der Waals surface area contributed by atoms with Crippen LogP contribution >= 0.6 is 0 Å². The van der Waals surface area contributed by atoms with Gasteiger partial charge in [-0.15, -0.1) is 0 Å². The molecule has 2 unspecified atom stereocenters. The van der Waals surface area contributed by atoms with Crippen LogP contribution in [0.1, 0.15) is 46.0 Å². The van der Waals surface area contributed by atoms with E-state index >= 15 is 0 Å². The topological polar surface area (TPSA) is 92.4 Å². The number of carboxylic acids is 1. The van der Waals surface area contributed by atoms with Crippen LogP contribution in [0.5, 0.6) is 0 Å². The molecular formula is C12H24N2O3. The van der Waals surface area contributed by atoms with E-state index in [2.05, 4.69) is 5.32 Å². The van der Waals surface area contributed by atoms with Gasteiger partial charge in [0.25, 0.3) is 0 Å². The Kier molecular flexibility index (Phi) is 8.40. The number of hydrogen-bond acceptors (Lipinski definition) is 3. The van der Waals surface area contributed by atoms with Gasteiger partial charge in [0.2, 0.25) is 5.91 Å². The fourth-order valence-electron chi connectivity index (χ4n) is 1.42. The van der Waals surface area contributed by atoms with Crippen molar-refractivity contribution in [3.05, 3.63) is 0 Å². The summed E-state index contributed by atoms with van der Waals surface area (Å²) in [5.41, 5.74) is 5.55. The van der Waals surface area contributed by atoms with Gasteiger partial charge < -0.3 is 16.2 Å². The summed E-state index contributed by atoms with van der Waals surface area (Å²) >= 11 is 0. The van der Waals surface area contributed by atoms with E-state index in [9.17, 15) is 9.59 Å². The number of nitrogens with one attached hydrogen (secondary N) is 1. The molecule has 0 heterocycles. The van der Waals surface area contributed by atoms with Crippen molar-refractivity contribution >= 4 is 11.9 Å². The molecule has 2 atom stereocenters. The molecule has 0 aliphatic heterocycles. The van der Waals surface area contributed by atoms with Crippen molar-refractivity contribution in [2.75, 3.05) is 6.54 Å². The minimum Gasteiger partial charge on any atom is -0.481 e. The number of hydrogen-bond donors (Lipinski definition) is 3. The number of carbonyl (C=O) groups is 2. The van der Waals surface area contributed by atoms with Crippen LogP contribution in [0.25, 0.3) is 0 Å². The minimum atomic E-state index is -0.766. The Morgan fingerprint density at radius 3 is 2.35 bits per heavy atom. The quantitative estimate of drug-likeness (QED) is 0.566. The maximum Gasteiger partial charge on any atom is 0.303 e. The molecular weight excluding hydrogens is 220 g/mol. The van der Waals surface area contributed by atoms with Gasteiger partial charge in [0.05, 0.1) is 0 Å². The molecule has 0 rings (SSSR count). The first kappa shape index (κ1) is 15.9. The summed E-state index contributed by atoms with van der Waals surface area (Å²) in [4.78, 5) is 21.7. The molecule has 0 spiro atoms. The van der Waals surface area contributed by atoms with Crippen molar-refractivity contribution in [3.63, 3.8) is 0 Å². The first-order valence-electron chi connectivity index (χ1n) is 6.16. The van der Waals surface area contributed by atoms with Gasteiger partial charge in [0, 0.05) is 25.4 Å². The van der Waals surface area contributed by atoms with E-state index in [0.717, 1.165) is 6.42 Å². The van der Waals surface area contributed by atoms with Crippen LogP contribution < -0.4 is 11.1 Å². The second kappa shape index (κ2) is 8.98. The van der Waals surface area contributed by atoms with Gasteiger partial charge in [-0.05, 0) is 32.1 Å². The Bertz CT molecular complexity index is 242. The van der Waals surface area contributed by atoms with E-state index in [1.54, 1.807) is 0 Å². The van der Waals surface area contributed by atoms with Gasteiger partial charge in [-0.1, -0.05) is 6.92 Å². The summed E-state index contributed by atoms with van der Waals surface area (Å²) in [6.07, 6.45) is 2.82.